The molecule has 0 saturated carbocycles. The number of hydrogen-bond acceptors (Lipinski definition) is 4. The standard InChI is InChI=1S/C11H19N3O/c1-3-14(4-2)9-5-6-13-11(7-9)10(12)8-15/h5-7,10,15H,3-4,8,12H2,1-2H3. The molecule has 1 heterocycles. The van der Waals surface area contributed by atoms with E-state index in [9.17, 15) is 0 Å². The molecule has 84 valence electrons. The number of aliphatic hydroxyl groups is 1. The molecule has 1 rings (SSSR count). The zero-order valence-electron chi connectivity index (χ0n) is 9.35. The summed E-state index contributed by atoms with van der Waals surface area (Å²) in [6, 6.07) is 3.51. The fourth-order valence-corrected chi connectivity index (χ4v) is 1.52. The van der Waals surface area contributed by atoms with Crippen LogP contribution >= 0.6 is 0 Å². The fraction of sp³-hybridized carbons (Fsp3) is 0.545. The summed E-state index contributed by atoms with van der Waals surface area (Å²) in [6.07, 6.45) is 1.73. The van der Waals surface area contributed by atoms with Gasteiger partial charge >= 0.3 is 0 Å². The Morgan fingerprint density at radius 1 is 1.47 bits per heavy atom. The van der Waals surface area contributed by atoms with Gasteiger partial charge < -0.3 is 15.7 Å². The van der Waals surface area contributed by atoms with Crippen molar-refractivity contribution in [2.75, 3.05) is 24.6 Å². The summed E-state index contributed by atoms with van der Waals surface area (Å²) in [7, 11) is 0. The molecule has 1 atom stereocenters. The van der Waals surface area contributed by atoms with Crippen molar-refractivity contribution in [1.82, 2.24) is 4.98 Å². The summed E-state index contributed by atoms with van der Waals surface area (Å²) >= 11 is 0. The Hall–Kier alpha value is -1.13. The SMILES string of the molecule is CCN(CC)c1ccnc(C(N)CO)c1. The molecule has 0 aliphatic carbocycles. The first kappa shape index (κ1) is 11.9. The molecule has 0 spiro atoms. The van der Waals surface area contributed by atoms with Crippen LogP contribution in [0.5, 0.6) is 0 Å². The van der Waals surface area contributed by atoms with Gasteiger partial charge in [-0.3, -0.25) is 4.98 Å². The third-order valence-electron chi connectivity index (χ3n) is 2.47. The lowest BCUT2D eigenvalue weighted by Gasteiger charge is -2.21. The van der Waals surface area contributed by atoms with Crippen LogP contribution in [0.1, 0.15) is 25.6 Å². The molecule has 1 unspecified atom stereocenters. The second-order valence-electron chi connectivity index (χ2n) is 3.40. The van der Waals surface area contributed by atoms with Crippen molar-refractivity contribution in [3.8, 4) is 0 Å². The van der Waals surface area contributed by atoms with Crippen molar-refractivity contribution in [2.24, 2.45) is 5.73 Å². The summed E-state index contributed by atoms with van der Waals surface area (Å²) in [6.45, 7) is 6.04. The minimum Gasteiger partial charge on any atom is -0.394 e. The van der Waals surface area contributed by atoms with E-state index in [0.29, 0.717) is 0 Å². The van der Waals surface area contributed by atoms with Gasteiger partial charge in [0.15, 0.2) is 0 Å². The third-order valence-corrected chi connectivity index (χ3v) is 2.47. The summed E-state index contributed by atoms with van der Waals surface area (Å²) < 4.78 is 0. The monoisotopic (exact) mass is 209 g/mol. The average Bonchev–Trinajstić information content (AvgIpc) is 2.30. The Morgan fingerprint density at radius 2 is 2.13 bits per heavy atom. The van der Waals surface area contributed by atoms with Crippen LogP contribution in [0.15, 0.2) is 18.3 Å². The normalized spacial score (nSPS) is 12.5. The zero-order valence-corrected chi connectivity index (χ0v) is 9.35. The maximum atomic E-state index is 8.95. The number of rotatable bonds is 5. The molecule has 0 amide bonds. The van der Waals surface area contributed by atoms with Gasteiger partial charge in [-0.15, -0.1) is 0 Å². The van der Waals surface area contributed by atoms with Crippen LogP contribution in [0.4, 0.5) is 5.69 Å². The second-order valence-corrected chi connectivity index (χ2v) is 3.40. The Morgan fingerprint density at radius 3 is 2.67 bits per heavy atom. The quantitative estimate of drug-likeness (QED) is 0.757. The van der Waals surface area contributed by atoms with Crippen LogP contribution in [-0.4, -0.2) is 29.8 Å². The Balaban J connectivity index is 2.91. The highest BCUT2D eigenvalue weighted by molar-refractivity contribution is 5.46. The van der Waals surface area contributed by atoms with Crippen molar-refractivity contribution in [2.45, 2.75) is 19.9 Å². The number of aromatic nitrogens is 1. The predicted molar refractivity (Wildman–Crippen MR) is 61.8 cm³/mol. The van der Waals surface area contributed by atoms with Gasteiger partial charge in [-0.05, 0) is 26.0 Å². The molecule has 0 bridgehead atoms. The first-order chi connectivity index (χ1) is 7.22. The molecule has 0 radical (unpaired) electrons. The van der Waals surface area contributed by atoms with E-state index in [-0.39, 0.29) is 12.6 Å². The summed E-state index contributed by atoms with van der Waals surface area (Å²) in [4.78, 5) is 6.37. The molecule has 3 N–H and O–H groups in total. The highest BCUT2D eigenvalue weighted by Crippen LogP contribution is 2.16. The van der Waals surface area contributed by atoms with Crippen LogP contribution in [-0.2, 0) is 0 Å². The Kier molecular flexibility index (Phi) is 4.52. The first-order valence-electron chi connectivity index (χ1n) is 5.30. The van der Waals surface area contributed by atoms with Crippen molar-refractivity contribution < 1.29 is 5.11 Å². The molecule has 0 saturated heterocycles. The van der Waals surface area contributed by atoms with Gasteiger partial charge in [0.1, 0.15) is 0 Å². The number of aliphatic hydroxyl groups excluding tert-OH is 1. The molecule has 0 aliphatic rings. The van der Waals surface area contributed by atoms with E-state index in [2.05, 4.69) is 23.7 Å². The van der Waals surface area contributed by atoms with E-state index in [4.69, 9.17) is 10.8 Å². The van der Waals surface area contributed by atoms with E-state index in [0.717, 1.165) is 24.5 Å². The molecular formula is C11H19N3O. The molecule has 1 aromatic heterocycles. The Labute approximate surface area is 90.7 Å². The highest BCUT2D eigenvalue weighted by Gasteiger charge is 2.08. The number of nitrogens with two attached hydrogens (primary N) is 1. The number of pyridine rings is 1. The first-order valence-corrected chi connectivity index (χ1v) is 5.30. The number of nitrogens with zero attached hydrogens (tertiary/aromatic N) is 2. The minimum atomic E-state index is -0.388. The molecule has 0 fully saturated rings. The summed E-state index contributed by atoms with van der Waals surface area (Å²) in [5, 5.41) is 8.95. The Bertz CT molecular complexity index is 300. The maximum absolute atomic E-state index is 8.95. The average molecular weight is 209 g/mol. The van der Waals surface area contributed by atoms with Gasteiger partial charge in [0.2, 0.25) is 0 Å². The highest BCUT2D eigenvalue weighted by atomic mass is 16.3. The van der Waals surface area contributed by atoms with Gasteiger partial charge in [-0.25, -0.2) is 0 Å². The molecule has 0 aromatic carbocycles. The van der Waals surface area contributed by atoms with Crippen LogP contribution in [0.3, 0.4) is 0 Å². The largest absolute Gasteiger partial charge is 0.394 e. The lowest BCUT2D eigenvalue weighted by atomic mass is 10.2. The number of hydrogen-bond donors (Lipinski definition) is 2. The molecule has 4 heteroatoms. The van der Waals surface area contributed by atoms with Gasteiger partial charge in [0.25, 0.3) is 0 Å². The van der Waals surface area contributed by atoms with Crippen molar-refractivity contribution in [3.05, 3.63) is 24.0 Å². The summed E-state index contributed by atoms with van der Waals surface area (Å²) in [5.41, 5.74) is 7.56. The topological polar surface area (TPSA) is 62.4 Å². The fourth-order valence-electron chi connectivity index (χ4n) is 1.52. The molecular weight excluding hydrogens is 190 g/mol. The summed E-state index contributed by atoms with van der Waals surface area (Å²) in [5.74, 6) is 0. The van der Waals surface area contributed by atoms with E-state index in [1.54, 1.807) is 6.20 Å². The molecule has 4 nitrogen and oxygen atoms in total. The van der Waals surface area contributed by atoms with Crippen LogP contribution < -0.4 is 10.6 Å². The van der Waals surface area contributed by atoms with Crippen molar-refractivity contribution >= 4 is 5.69 Å². The van der Waals surface area contributed by atoms with Gasteiger partial charge in [0, 0.05) is 25.0 Å². The minimum absolute atomic E-state index is 0.0747. The zero-order chi connectivity index (χ0) is 11.3. The van der Waals surface area contributed by atoms with Crippen molar-refractivity contribution in [1.29, 1.82) is 0 Å². The van der Waals surface area contributed by atoms with Gasteiger partial charge in [-0.1, -0.05) is 0 Å². The lowest BCUT2D eigenvalue weighted by molar-refractivity contribution is 0.266. The lowest BCUT2D eigenvalue weighted by Crippen LogP contribution is -2.23. The van der Waals surface area contributed by atoms with E-state index in [1.165, 1.54) is 0 Å². The van der Waals surface area contributed by atoms with E-state index in [1.807, 2.05) is 12.1 Å². The third kappa shape index (κ3) is 2.91. The van der Waals surface area contributed by atoms with Gasteiger partial charge in [0.05, 0.1) is 18.3 Å². The predicted octanol–water partition coefficient (Wildman–Crippen LogP) is 0.920. The molecule has 15 heavy (non-hydrogen) atoms. The van der Waals surface area contributed by atoms with Crippen LogP contribution in [0.2, 0.25) is 0 Å². The van der Waals surface area contributed by atoms with Gasteiger partial charge in [-0.2, -0.15) is 0 Å². The molecule has 0 aliphatic heterocycles. The molecule has 1 aromatic rings. The second kappa shape index (κ2) is 5.68. The smallest absolute Gasteiger partial charge is 0.0705 e. The van der Waals surface area contributed by atoms with Crippen LogP contribution in [0, 0.1) is 0 Å². The van der Waals surface area contributed by atoms with E-state index < -0.39 is 0 Å². The number of anilines is 1. The van der Waals surface area contributed by atoms with Crippen molar-refractivity contribution in [3.63, 3.8) is 0 Å². The van der Waals surface area contributed by atoms with E-state index >= 15 is 0 Å². The van der Waals surface area contributed by atoms with Crippen LogP contribution in [0.25, 0.3) is 0 Å². The maximum Gasteiger partial charge on any atom is 0.0705 e.